The fraction of sp³-hybridized carbons (Fsp3) is 0.647. The Kier molecular flexibility index (Phi) is 5.44. The van der Waals surface area contributed by atoms with Gasteiger partial charge in [0.1, 0.15) is 5.75 Å². The fourth-order valence-electron chi connectivity index (χ4n) is 3.03. The third-order valence-corrected chi connectivity index (χ3v) is 4.37. The van der Waals surface area contributed by atoms with Crippen molar-refractivity contribution in [2.75, 3.05) is 27.2 Å². The van der Waals surface area contributed by atoms with Gasteiger partial charge in [-0.3, -0.25) is 4.90 Å². The largest absolute Gasteiger partial charge is 0.496 e. The molecule has 0 bridgehead atoms. The maximum atomic E-state index is 5.54. The van der Waals surface area contributed by atoms with E-state index in [-0.39, 0.29) is 0 Å². The van der Waals surface area contributed by atoms with Crippen LogP contribution in [-0.4, -0.2) is 32.1 Å². The van der Waals surface area contributed by atoms with Gasteiger partial charge in [0, 0.05) is 24.7 Å². The Bertz CT molecular complexity index is 433. The Balaban J connectivity index is 2.15. The molecule has 1 fully saturated rings. The number of nitrogens with zero attached hydrogens (tertiary/aromatic N) is 1. The molecule has 3 heteroatoms. The van der Waals surface area contributed by atoms with Crippen LogP contribution in [0.4, 0.5) is 0 Å². The SMILES string of the molecule is CNC(C)c1ccc(OC)c(CN2CCCC(C)C2)c1. The van der Waals surface area contributed by atoms with Crippen molar-refractivity contribution in [3.8, 4) is 5.75 Å². The van der Waals surface area contributed by atoms with Crippen molar-refractivity contribution in [3.05, 3.63) is 29.3 Å². The highest BCUT2D eigenvalue weighted by atomic mass is 16.5. The number of nitrogens with one attached hydrogen (secondary N) is 1. The lowest BCUT2D eigenvalue weighted by molar-refractivity contribution is 0.175. The van der Waals surface area contributed by atoms with Crippen LogP contribution in [0.1, 0.15) is 43.9 Å². The predicted molar refractivity (Wildman–Crippen MR) is 84.1 cm³/mol. The van der Waals surface area contributed by atoms with Gasteiger partial charge in [-0.15, -0.1) is 0 Å². The molecule has 2 rings (SSSR count). The minimum Gasteiger partial charge on any atom is -0.496 e. The van der Waals surface area contributed by atoms with Crippen LogP contribution in [0, 0.1) is 5.92 Å². The summed E-state index contributed by atoms with van der Waals surface area (Å²) in [6.07, 6.45) is 2.68. The second-order valence-corrected chi connectivity index (χ2v) is 6.06. The number of methoxy groups -OCH3 is 1. The molecule has 112 valence electrons. The van der Waals surface area contributed by atoms with Crippen molar-refractivity contribution < 1.29 is 4.74 Å². The highest BCUT2D eigenvalue weighted by molar-refractivity contribution is 5.38. The first-order valence-electron chi connectivity index (χ1n) is 7.70. The quantitative estimate of drug-likeness (QED) is 0.894. The van der Waals surface area contributed by atoms with E-state index in [0.29, 0.717) is 6.04 Å². The Morgan fingerprint density at radius 3 is 2.90 bits per heavy atom. The molecule has 1 N–H and O–H groups in total. The molecule has 0 amide bonds. The van der Waals surface area contributed by atoms with Crippen LogP contribution >= 0.6 is 0 Å². The normalized spacial score (nSPS) is 21.7. The highest BCUT2D eigenvalue weighted by Crippen LogP contribution is 2.26. The van der Waals surface area contributed by atoms with Crippen LogP contribution in [-0.2, 0) is 6.54 Å². The Morgan fingerprint density at radius 2 is 2.25 bits per heavy atom. The summed E-state index contributed by atoms with van der Waals surface area (Å²) in [6.45, 7) is 7.95. The third-order valence-electron chi connectivity index (χ3n) is 4.37. The zero-order valence-corrected chi connectivity index (χ0v) is 13.3. The molecule has 0 aromatic heterocycles. The summed E-state index contributed by atoms with van der Waals surface area (Å²) in [7, 11) is 3.76. The van der Waals surface area contributed by atoms with Gasteiger partial charge >= 0.3 is 0 Å². The van der Waals surface area contributed by atoms with Crippen molar-refractivity contribution in [2.24, 2.45) is 5.92 Å². The van der Waals surface area contributed by atoms with Crippen LogP contribution in [0.5, 0.6) is 5.75 Å². The van der Waals surface area contributed by atoms with Crippen molar-refractivity contribution in [2.45, 2.75) is 39.3 Å². The molecule has 2 unspecified atom stereocenters. The number of likely N-dealkylation sites (tertiary alicyclic amines) is 1. The lowest BCUT2D eigenvalue weighted by Gasteiger charge is -2.31. The molecule has 3 nitrogen and oxygen atoms in total. The van der Waals surface area contributed by atoms with Crippen molar-refractivity contribution in [1.82, 2.24) is 10.2 Å². The molecule has 1 saturated heterocycles. The van der Waals surface area contributed by atoms with Crippen LogP contribution in [0.2, 0.25) is 0 Å². The van der Waals surface area contributed by atoms with Crippen molar-refractivity contribution >= 4 is 0 Å². The van der Waals surface area contributed by atoms with E-state index >= 15 is 0 Å². The van der Waals surface area contributed by atoms with Gasteiger partial charge in [0.25, 0.3) is 0 Å². The van der Waals surface area contributed by atoms with Crippen molar-refractivity contribution in [3.63, 3.8) is 0 Å². The molecule has 0 spiro atoms. The Hall–Kier alpha value is -1.06. The lowest BCUT2D eigenvalue weighted by Crippen LogP contribution is -2.33. The second-order valence-electron chi connectivity index (χ2n) is 6.06. The summed E-state index contributed by atoms with van der Waals surface area (Å²) in [4.78, 5) is 2.56. The maximum absolute atomic E-state index is 5.54. The zero-order chi connectivity index (χ0) is 14.5. The molecule has 1 aliphatic rings. The Labute approximate surface area is 123 Å². The molecule has 1 aliphatic heterocycles. The summed E-state index contributed by atoms with van der Waals surface area (Å²) in [5.74, 6) is 1.82. The first-order valence-corrected chi connectivity index (χ1v) is 7.70. The summed E-state index contributed by atoms with van der Waals surface area (Å²) < 4.78 is 5.54. The highest BCUT2D eigenvalue weighted by Gasteiger charge is 2.18. The number of hydrogen-bond acceptors (Lipinski definition) is 3. The minimum absolute atomic E-state index is 0.375. The second kappa shape index (κ2) is 7.09. The molecule has 1 aromatic carbocycles. The van der Waals surface area contributed by atoms with Gasteiger partial charge in [0.05, 0.1) is 7.11 Å². The fourth-order valence-corrected chi connectivity index (χ4v) is 3.03. The average molecular weight is 276 g/mol. The van der Waals surface area contributed by atoms with Gasteiger partial charge in [-0.25, -0.2) is 0 Å². The monoisotopic (exact) mass is 276 g/mol. The van der Waals surface area contributed by atoms with Crippen LogP contribution in [0.15, 0.2) is 18.2 Å². The minimum atomic E-state index is 0.375. The number of hydrogen-bond donors (Lipinski definition) is 1. The van der Waals surface area contributed by atoms with E-state index in [1.165, 1.54) is 37.1 Å². The van der Waals surface area contributed by atoms with Gasteiger partial charge in [0.2, 0.25) is 0 Å². The van der Waals surface area contributed by atoms with E-state index in [1.54, 1.807) is 7.11 Å². The van der Waals surface area contributed by atoms with E-state index in [0.717, 1.165) is 18.2 Å². The first kappa shape index (κ1) is 15.3. The molecule has 20 heavy (non-hydrogen) atoms. The standard InChI is InChI=1S/C17H28N2O/c1-13-6-5-9-19(11-13)12-16-10-15(14(2)18-3)7-8-17(16)20-4/h7-8,10,13-14,18H,5-6,9,11-12H2,1-4H3. The van der Waals surface area contributed by atoms with Gasteiger partial charge in [-0.05, 0) is 57.0 Å². The number of ether oxygens (including phenoxy) is 1. The molecule has 0 saturated carbocycles. The van der Waals surface area contributed by atoms with Gasteiger partial charge in [0.15, 0.2) is 0 Å². The van der Waals surface area contributed by atoms with Crippen LogP contribution in [0.25, 0.3) is 0 Å². The summed E-state index contributed by atoms with van der Waals surface area (Å²) in [6, 6.07) is 6.92. The molecular weight excluding hydrogens is 248 g/mol. The van der Waals surface area contributed by atoms with Crippen molar-refractivity contribution in [1.29, 1.82) is 0 Å². The average Bonchev–Trinajstić information content (AvgIpc) is 2.46. The zero-order valence-electron chi connectivity index (χ0n) is 13.3. The number of rotatable bonds is 5. The maximum Gasteiger partial charge on any atom is 0.123 e. The van der Waals surface area contributed by atoms with Gasteiger partial charge < -0.3 is 10.1 Å². The van der Waals surface area contributed by atoms with Gasteiger partial charge in [-0.1, -0.05) is 13.0 Å². The molecule has 0 radical (unpaired) electrons. The molecular formula is C17H28N2O. The first-order chi connectivity index (χ1) is 9.63. The van der Waals surface area contributed by atoms with Crippen LogP contribution in [0.3, 0.4) is 0 Å². The molecule has 2 atom stereocenters. The summed E-state index contributed by atoms with van der Waals surface area (Å²) >= 11 is 0. The smallest absolute Gasteiger partial charge is 0.123 e. The Morgan fingerprint density at radius 1 is 1.45 bits per heavy atom. The summed E-state index contributed by atoms with van der Waals surface area (Å²) in [5, 5.41) is 3.30. The summed E-state index contributed by atoms with van der Waals surface area (Å²) in [5.41, 5.74) is 2.63. The van der Waals surface area contributed by atoms with E-state index < -0.39 is 0 Å². The van der Waals surface area contributed by atoms with E-state index in [1.807, 2.05) is 7.05 Å². The number of benzene rings is 1. The lowest BCUT2D eigenvalue weighted by atomic mass is 9.99. The molecule has 0 aliphatic carbocycles. The molecule has 1 heterocycles. The van der Waals surface area contributed by atoms with E-state index in [4.69, 9.17) is 4.74 Å². The molecule has 1 aromatic rings. The van der Waals surface area contributed by atoms with Crippen LogP contribution < -0.4 is 10.1 Å². The third kappa shape index (κ3) is 3.74. The van der Waals surface area contributed by atoms with E-state index in [9.17, 15) is 0 Å². The number of piperidine rings is 1. The van der Waals surface area contributed by atoms with Gasteiger partial charge in [-0.2, -0.15) is 0 Å². The van der Waals surface area contributed by atoms with E-state index in [2.05, 4.69) is 42.3 Å². The topological polar surface area (TPSA) is 24.5 Å². The predicted octanol–water partition coefficient (Wildman–Crippen LogP) is 3.21.